The summed E-state index contributed by atoms with van der Waals surface area (Å²) in [7, 11) is 1.20. The van der Waals surface area contributed by atoms with Crippen LogP contribution in [0.3, 0.4) is 0 Å². The predicted octanol–water partition coefficient (Wildman–Crippen LogP) is 4.20. The lowest BCUT2D eigenvalue weighted by atomic mass is 10.1. The summed E-state index contributed by atoms with van der Waals surface area (Å²) >= 11 is 5.60. The van der Waals surface area contributed by atoms with Crippen LogP contribution in [0.15, 0.2) is 42.5 Å². The van der Waals surface area contributed by atoms with Gasteiger partial charge in [0.25, 0.3) is 0 Å². The lowest BCUT2D eigenvalue weighted by Gasteiger charge is -2.15. The van der Waals surface area contributed by atoms with Gasteiger partial charge in [-0.3, -0.25) is 4.79 Å². The number of amides is 1. The minimum atomic E-state index is -4.62. The Bertz CT molecular complexity index is 825. The number of para-hydroxylation sites is 1. The zero-order valence-corrected chi connectivity index (χ0v) is 14.2. The molecule has 0 aromatic heterocycles. The molecule has 9 heteroatoms. The van der Waals surface area contributed by atoms with Gasteiger partial charge in [-0.15, -0.1) is 0 Å². The van der Waals surface area contributed by atoms with E-state index in [1.807, 2.05) is 0 Å². The molecule has 2 aromatic carbocycles. The first kappa shape index (κ1) is 19.6. The van der Waals surface area contributed by atoms with E-state index in [9.17, 15) is 22.8 Å². The van der Waals surface area contributed by atoms with Crippen LogP contribution in [0.4, 0.5) is 24.5 Å². The van der Waals surface area contributed by atoms with Crippen molar-refractivity contribution in [2.24, 2.45) is 0 Å². The number of hydrogen-bond donors (Lipinski definition) is 2. The topological polar surface area (TPSA) is 67.4 Å². The number of carbonyl (C=O) groups is 2. The van der Waals surface area contributed by atoms with Gasteiger partial charge in [0, 0.05) is 10.7 Å². The fourth-order valence-electron chi connectivity index (χ4n) is 2.16. The molecule has 138 valence electrons. The molecule has 0 saturated carbocycles. The average molecular weight is 387 g/mol. The molecule has 0 aliphatic heterocycles. The van der Waals surface area contributed by atoms with Gasteiger partial charge in [0.15, 0.2) is 0 Å². The number of esters is 1. The van der Waals surface area contributed by atoms with Crippen molar-refractivity contribution >= 4 is 34.9 Å². The molecule has 1 amide bonds. The summed E-state index contributed by atoms with van der Waals surface area (Å²) in [5.41, 5.74) is -0.935. The third kappa shape index (κ3) is 4.89. The lowest BCUT2D eigenvalue weighted by molar-refractivity contribution is -0.137. The van der Waals surface area contributed by atoms with E-state index in [1.54, 1.807) is 12.1 Å². The number of rotatable bonds is 5. The first-order chi connectivity index (χ1) is 12.2. The molecule has 0 aliphatic carbocycles. The summed E-state index contributed by atoms with van der Waals surface area (Å²) in [6, 6.07) is 9.31. The number of methoxy groups -OCH3 is 1. The first-order valence-electron chi connectivity index (χ1n) is 7.30. The van der Waals surface area contributed by atoms with Crippen LogP contribution in [0.1, 0.15) is 15.9 Å². The van der Waals surface area contributed by atoms with Crippen molar-refractivity contribution in [3.63, 3.8) is 0 Å². The molecule has 0 saturated heterocycles. The minimum absolute atomic E-state index is 0.0701. The van der Waals surface area contributed by atoms with Gasteiger partial charge in [0.05, 0.1) is 30.5 Å². The SMILES string of the molecule is COC(=O)c1ccccc1NC(=O)CNc1ccc(Cl)cc1C(F)(F)F. The summed E-state index contributed by atoms with van der Waals surface area (Å²) in [6.45, 7) is -0.444. The fourth-order valence-corrected chi connectivity index (χ4v) is 2.33. The van der Waals surface area contributed by atoms with Gasteiger partial charge >= 0.3 is 12.1 Å². The summed E-state index contributed by atoms with van der Waals surface area (Å²) in [6.07, 6.45) is -4.62. The van der Waals surface area contributed by atoms with Crippen molar-refractivity contribution in [1.82, 2.24) is 0 Å². The molecule has 2 rings (SSSR count). The number of alkyl halides is 3. The Morgan fingerprint density at radius 3 is 2.46 bits per heavy atom. The molecular formula is C17H14ClF3N2O3. The summed E-state index contributed by atoms with van der Waals surface area (Å²) in [5.74, 6) is -1.28. The van der Waals surface area contributed by atoms with Crippen LogP contribution in [0.2, 0.25) is 5.02 Å². The molecule has 5 nitrogen and oxygen atoms in total. The average Bonchev–Trinajstić information content (AvgIpc) is 2.59. The highest BCUT2D eigenvalue weighted by Crippen LogP contribution is 2.36. The first-order valence-corrected chi connectivity index (χ1v) is 7.68. The standard InChI is InChI=1S/C17H14ClF3N2O3/c1-26-16(25)11-4-2-3-5-13(11)23-15(24)9-22-14-7-6-10(18)8-12(14)17(19,20)21/h2-8,22H,9H2,1H3,(H,23,24). The molecule has 0 atom stereocenters. The van der Waals surface area contributed by atoms with E-state index in [0.717, 1.165) is 12.1 Å². The van der Waals surface area contributed by atoms with E-state index >= 15 is 0 Å². The molecular weight excluding hydrogens is 373 g/mol. The third-order valence-electron chi connectivity index (χ3n) is 3.33. The quantitative estimate of drug-likeness (QED) is 0.756. The molecule has 0 heterocycles. The fraction of sp³-hybridized carbons (Fsp3) is 0.176. The second-order valence-corrected chi connectivity index (χ2v) is 5.56. The monoisotopic (exact) mass is 386 g/mol. The number of carbonyl (C=O) groups excluding carboxylic acids is 2. The Morgan fingerprint density at radius 2 is 1.81 bits per heavy atom. The van der Waals surface area contributed by atoms with E-state index in [1.165, 1.54) is 25.3 Å². The number of ether oxygens (including phenoxy) is 1. The lowest BCUT2D eigenvalue weighted by Crippen LogP contribution is -2.24. The van der Waals surface area contributed by atoms with Crippen molar-refractivity contribution in [2.75, 3.05) is 24.3 Å². The molecule has 2 N–H and O–H groups in total. The maximum Gasteiger partial charge on any atom is 0.418 e. The predicted molar refractivity (Wildman–Crippen MR) is 91.4 cm³/mol. The van der Waals surface area contributed by atoms with Gasteiger partial charge < -0.3 is 15.4 Å². The van der Waals surface area contributed by atoms with Crippen LogP contribution in [0.5, 0.6) is 0 Å². The van der Waals surface area contributed by atoms with Crippen molar-refractivity contribution < 1.29 is 27.5 Å². The zero-order chi connectivity index (χ0) is 19.3. The Morgan fingerprint density at radius 1 is 1.12 bits per heavy atom. The van der Waals surface area contributed by atoms with Crippen molar-refractivity contribution in [3.8, 4) is 0 Å². The number of hydrogen-bond acceptors (Lipinski definition) is 4. The van der Waals surface area contributed by atoms with Crippen LogP contribution in [0.25, 0.3) is 0 Å². The van der Waals surface area contributed by atoms with Gasteiger partial charge in [0.2, 0.25) is 5.91 Å². The zero-order valence-electron chi connectivity index (χ0n) is 13.5. The molecule has 26 heavy (non-hydrogen) atoms. The Kier molecular flexibility index (Phi) is 6.10. The minimum Gasteiger partial charge on any atom is -0.465 e. The number of halogens is 4. The highest BCUT2D eigenvalue weighted by molar-refractivity contribution is 6.30. The Hall–Kier alpha value is -2.74. The van der Waals surface area contributed by atoms with Crippen molar-refractivity contribution in [2.45, 2.75) is 6.18 Å². The van der Waals surface area contributed by atoms with Crippen molar-refractivity contribution in [1.29, 1.82) is 0 Å². The highest BCUT2D eigenvalue weighted by atomic mass is 35.5. The van der Waals surface area contributed by atoms with E-state index in [0.29, 0.717) is 0 Å². The van der Waals surface area contributed by atoms with E-state index in [2.05, 4.69) is 15.4 Å². The van der Waals surface area contributed by atoms with Crippen LogP contribution in [-0.2, 0) is 15.7 Å². The van der Waals surface area contributed by atoms with Gasteiger partial charge in [-0.25, -0.2) is 4.79 Å². The number of anilines is 2. The molecule has 0 radical (unpaired) electrons. The van der Waals surface area contributed by atoms with Crippen LogP contribution in [0, 0.1) is 0 Å². The summed E-state index contributed by atoms with van der Waals surface area (Å²) in [5, 5.41) is 4.81. The molecule has 0 aliphatic rings. The second kappa shape index (κ2) is 8.09. The second-order valence-electron chi connectivity index (χ2n) is 5.13. The molecule has 0 fully saturated rings. The van der Waals surface area contributed by atoms with Gasteiger partial charge in [-0.1, -0.05) is 23.7 Å². The van der Waals surface area contributed by atoms with Crippen LogP contribution >= 0.6 is 11.6 Å². The Labute approximate surface area is 152 Å². The smallest absolute Gasteiger partial charge is 0.418 e. The molecule has 2 aromatic rings. The normalized spacial score (nSPS) is 11.0. The highest BCUT2D eigenvalue weighted by Gasteiger charge is 2.33. The van der Waals surface area contributed by atoms with Crippen LogP contribution < -0.4 is 10.6 Å². The third-order valence-corrected chi connectivity index (χ3v) is 3.57. The largest absolute Gasteiger partial charge is 0.465 e. The maximum atomic E-state index is 13.0. The molecule has 0 spiro atoms. The van der Waals surface area contributed by atoms with Gasteiger partial charge in [-0.2, -0.15) is 13.2 Å². The summed E-state index contributed by atoms with van der Waals surface area (Å²) < 4.78 is 43.7. The number of nitrogens with one attached hydrogen (secondary N) is 2. The van der Waals surface area contributed by atoms with E-state index < -0.39 is 30.2 Å². The van der Waals surface area contributed by atoms with Crippen LogP contribution in [-0.4, -0.2) is 25.5 Å². The van der Waals surface area contributed by atoms with E-state index in [4.69, 9.17) is 11.6 Å². The Balaban J connectivity index is 2.11. The molecule has 0 unspecified atom stereocenters. The summed E-state index contributed by atoms with van der Waals surface area (Å²) in [4.78, 5) is 23.7. The van der Waals surface area contributed by atoms with E-state index in [-0.39, 0.29) is 22.0 Å². The molecule has 0 bridgehead atoms. The maximum absolute atomic E-state index is 13.0. The van der Waals surface area contributed by atoms with Gasteiger partial charge in [-0.05, 0) is 30.3 Å². The van der Waals surface area contributed by atoms with Gasteiger partial charge in [0.1, 0.15) is 0 Å². The number of benzene rings is 2. The van der Waals surface area contributed by atoms with Crippen molar-refractivity contribution in [3.05, 3.63) is 58.6 Å².